The molecule has 0 N–H and O–H groups in total. The first-order valence-electron chi connectivity index (χ1n) is 6.13. The van der Waals surface area contributed by atoms with Crippen molar-refractivity contribution in [1.82, 2.24) is 0 Å². The molecule has 0 spiro atoms. The monoisotopic (exact) mass is 273 g/mol. The summed E-state index contributed by atoms with van der Waals surface area (Å²) in [5.41, 5.74) is 2.11. The fourth-order valence-corrected chi connectivity index (χ4v) is 3.53. The molecule has 2 atom stereocenters. The van der Waals surface area contributed by atoms with Crippen LogP contribution in [0.3, 0.4) is 0 Å². The maximum Gasteiger partial charge on any atom is 0.141 e. The van der Waals surface area contributed by atoms with Crippen LogP contribution in [0.1, 0.15) is 5.56 Å². The van der Waals surface area contributed by atoms with Gasteiger partial charge in [0.15, 0.2) is 0 Å². The molecule has 3 rings (SSSR count). The number of benzene rings is 1. The minimum absolute atomic E-state index is 0.0452. The second-order valence-corrected chi connectivity index (χ2v) is 5.46. The van der Waals surface area contributed by atoms with Crippen LogP contribution in [-0.2, 0) is 9.47 Å². The van der Waals surface area contributed by atoms with Gasteiger partial charge in [0.05, 0.1) is 24.2 Å². The van der Waals surface area contributed by atoms with Gasteiger partial charge in [0.25, 0.3) is 0 Å². The van der Waals surface area contributed by atoms with E-state index in [-0.39, 0.29) is 11.4 Å². The quantitative estimate of drug-likeness (QED) is 0.848. The van der Waals surface area contributed by atoms with Crippen LogP contribution >= 0.6 is 11.8 Å². The van der Waals surface area contributed by atoms with E-state index in [1.807, 2.05) is 30.4 Å². The standard InChI is InChI=1S/C15H15NO2S/c1-17-11-8-9-12(18-2)14-13(11)16-15(19-14)10-6-4-3-5-7-10/h3-9,12,14H,1-2H3. The van der Waals surface area contributed by atoms with E-state index in [2.05, 4.69) is 12.1 Å². The van der Waals surface area contributed by atoms with Crippen molar-refractivity contribution in [2.45, 2.75) is 11.4 Å². The van der Waals surface area contributed by atoms with Crippen molar-refractivity contribution in [3.05, 3.63) is 59.5 Å². The number of hydrogen-bond donors (Lipinski definition) is 0. The zero-order valence-electron chi connectivity index (χ0n) is 10.9. The van der Waals surface area contributed by atoms with E-state index in [0.29, 0.717) is 0 Å². The van der Waals surface area contributed by atoms with Gasteiger partial charge in [-0.05, 0) is 6.08 Å². The normalized spacial score (nSPS) is 25.3. The van der Waals surface area contributed by atoms with Crippen LogP contribution in [0.25, 0.3) is 0 Å². The molecule has 0 saturated carbocycles. The fourth-order valence-electron chi connectivity index (χ4n) is 2.25. The molecule has 1 aromatic rings. The molecule has 1 aromatic carbocycles. The van der Waals surface area contributed by atoms with E-state index in [0.717, 1.165) is 22.1 Å². The summed E-state index contributed by atoms with van der Waals surface area (Å²) < 4.78 is 10.9. The number of rotatable bonds is 3. The summed E-state index contributed by atoms with van der Waals surface area (Å²) in [4.78, 5) is 4.73. The van der Waals surface area contributed by atoms with Gasteiger partial charge in [0.2, 0.25) is 0 Å². The van der Waals surface area contributed by atoms with E-state index >= 15 is 0 Å². The first kappa shape index (κ1) is 12.5. The lowest BCUT2D eigenvalue weighted by Gasteiger charge is -2.23. The molecule has 4 heteroatoms. The molecule has 1 heterocycles. The fraction of sp³-hybridized carbons (Fsp3) is 0.267. The molecular formula is C15H15NO2S. The lowest BCUT2D eigenvalue weighted by molar-refractivity contribution is 0.141. The summed E-state index contributed by atoms with van der Waals surface area (Å²) in [5.74, 6) is 0.830. The summed E-state index contributed by atoms with van der Waals surface area (Å²) in [6, 6.07) is 10.2. The first-order valence-corrected chi connectivity index (χ1v) is 7.01. The van der Waals surface area contributed by atoms with Crippen LogP contribution in [0.2, 0.25) is 0 Å². The molecule has 0 radical (unpaired) electrons. The van der Waals surface area contributed by atoms with E-state index in [4.69, 9.17) is 14.5 Å². The summed E-state index contributed by atoms with van der Waals surface area (Å²) in [6.07, 6.45) is 4.02. The smallest absolute Gasteiger partial charge is 0.141 e. The van der Waals surface area contributed by atoms with Gasteiger partial charge in [-0.2, -0.15) is 0 Å². The Morgan fingerprint density at radius 2 is 1.95 bits per heavy atom. The highest BCUT2D eigenvalue weighted by atomic mass is 32.2. The van der Waals surface area contributed by atoms with Gasteiger partial charge in [-0.25, -0.2) is 4.99 Å². The van der Waals surface area contributed by atoms with Gasteiger partial charge < -0.3 is 9.47 Å². The van der Waals surface area contributed by atoms with E-state index < -0.39 is 0 Å². The number of fused-ring (bicyclic) bond motifs is 1. The average molecular weight is 273 g/mol. The van der Waals surface area contributed by atoms with Crippen LogP contribution in [0.5, 0.6) is 0 Å². The molecule has 98 valence electrons. The van der Waals surface area contributed by atoms with Crippen molar-refractivity contribution in [1.29, 1.82) is 0 Å². The second-order valence-electron chi connectivity index (χ2n) is 4.33. The van der Waals surface area contributed by atoms with Crippen LogP contribution in [-0.4, -0.2) is 30.6 Å². The van der Waals surface area contributed by atoms with Crippen molar-refractivity contribution in [2.75, 3.05) is 14.2 Å². The molecule has 0 amide bonds. The van der Waals surface area contributed by atoms with Gasteiger partial charge in [-0.3, -0.25) is 0 Å². The molecule has 2 unspecified atom stereocenters. The lowest BCUT2D eigenvalue weighted by atomic mass is 10.1. The molecule has 1 aliphatic carbocycles. The highest BCUT2D eigenvalue weighted by Gasteiger charge is 2.36. The number of thioether (sulfide) groups is 1. The largest absolute Gasteiger partial charge is 0.495 e. The van der Waals surface area contributed by atoms with Crippen LogP contribution in [0.4, 0.5) is 0 Å². The lowest BCUT2D eigenvalue weighted by Crippen LogP contribution is -2.26. The first-order chi connectivity index (χ1) is 9.33. The zero-order chi connectivity index (χ0) is 13.2. The van der Waals surface area contributed by atoms with Crippen molar-refractivity contribution < 1.29 is 9.47 Å². The summed E-state index contributed by atoms with van der Waals surface area (Å²) in [6.45, 7) is 0. The number of hydrogen-bond acceptors (Lipinski definition) is 4. The topological polar surface area (TPSA) is 30.8 Å². The number of aliphatic imine (C=N–C) groups is 1. The maximum atomic E-state index is 5.51. The molecule has 0 saturated heterocycles. The van der Waals surface area contributed by atoms with Crippen molar-refractivity contribution in [2.24, 2.45) is 4.99 Å². The van der Waals surface area contributed by atoms with Gasteiger partial charge in [0, 0.05) is 12.7 Å². The molecular weight excluding hydrogens is 258 g/mol. The van der Waals surface area contributed by atoms with Crippen LogP contribution in [0, 0.1) is 0 Å². The number of nitrogens with zero attached hydrogens (tertiary/aromatic N) is 1. The van der Waals surface area contributed by atoms with Crippen molar-refractivity contribution >= 4 is 16.8 Å². The second kappa shape index (κ2) is 5.23. The Kier molecular flexibility index (Phi) is 3.44. The Morgan fingerprint density at radius 3 is 2.63 bits per heavy atom. The number of ether oxygens (including phenoxy) is 2. The van der Waals surface area contributed by atoms with E-state index in [9.17, 15) is 0 Å². The predicted molar refractivity (Wildman–Crippen MR) is 78.3 cm³/mol. The molecule has 0 aromatic heterocycles. The Bertz CT molecular complexity index is 563. The number of allylic oxidation sites excluding steroid dienone is 1. The Hall–Kier alpha value is -1.52. The third-order valence-electron chi connectivity index (χ3n) is 3.23. The summed E-state index contributed by atoms with van der Waals surface area (Å²) in [7, 11) is 3.41. The van der Waals surface area contributed by atoms with Gasteiger partial charge >= 0.3 is 0 Å². The average Bonchev–Trinajstić information content (AvgIpc) is 2.92. The van der Waals surface area contributed by atoms with E-state index in [1.54, 1.807) is 26.0 Å². The molecule has 3 nitrogen and oxygen atoms in total. The minimum atomic E-state index is 0.0452. The molecule has 19 heavy (non-hydrogen) atoms. The molecule has 0 bridgehead atoms. The Morgan fingerprint density at radius 1 is 1.16 bits per heavy atom. The highest BCUT2D eigenvalue weighted by Crippen LogP contribution is 2.40. The highest BCUT2D eigenvalue weighted by molar-refractivity contribution is 8.15. The van der Waals surface area contributed by atoms with E-state index in [1.165, 1.54) is 0 Å². The van der Waals surface area contributed by atoms with Gasteiger partial charge in [0.1, 0.15) is 10.8 Å². The van der Waals surface area contributed by atoms with Gasteiger partial charge in [-0.15, -0.1) is 0 Å². The summed E-state index contributed by atoms with van der Waals surface area (Å²) in [5, 5.41) is 1.21. The van der Waals surface area contributed by atoms with Crippen LogP contribution < -0.4 is 0 Å². The van der Waals surface area contributed by atoms with Crippen molar-refractivity contribution in [3.63, 3.8) is 0 Å². The minimum Gasteiger partial charge on any atom is -0.495 e. The van der Waals surface area contributed by atoms with Crippen LogP contribution in [0.15, 0.2) is 58.9 Å². The maximum absolute atomic E-state index is 5.51. The predicted octanol–water partition coefficient (Wildman–Crippen LogP) is 2.99. The van der Waals surface area contributed by atoms with Crippen molar-refractivity contribution in [3.8, 4) is 0 Å². The Labute approximate surface area is 117 Å². The molecule has 0 fully saturated rings. The molecule has 2 aliphatic rings. The van der Waals surface area contributed by atoms with Gasteiger partial charge in [-0.1, -0.05) is 48.2 Å². The third-order valence-corrected chi connectivity index (χ3v) is 4.53. The Balaban J connectivity index is 1.99. The molecule has 1 aliphatic heterocycles. The third kappa shape index (κ3) is 2.22. The zero-order valence-corrected chi connectivity index (χ0v) is 11.7. The summed E-state index contributed by atoms with van der Waals surface area (Å²) >= 11 is 1.74. The SMILES string of the molecule is COC1=C2N=C(c3ccccc3)SC2C(OC)C=C1. The number of methoxy groups -OCH3 is 2.